The standard InChI is InChI=1S/C14H14N6O2S/c1-2-19-7-5-11(18-19)13-16-17-14(23-9-12(21)22)20(13)10-4-3-6-15-8-10/h3-8H,2,9H2,1H3,(H,21,22). The first-order valence-corrected chi connectivity index (χ1v) is 7.92. The van der Waals surface area contributed by atoms with Gasteiger partial charge in [-0.2, -0.15) is 5.10 Å². The third-order valence-corrected chi connectivity index (χ3v) is 3.97. The van der Waals surface area contributed by atoms with E-state index in [9.17, 15) is 4.79 Å². The van der Waals surface area contributed by atoms with E-state index < -0.39 is 5.97 Å². The molecule has 23 heavy (non-hydrogen) atoms. The molecule has 0 aliphatic heterocycles. The molecular weight excluding hydrogens is 316 g/mol. The van der Waals surface area contributed by atoms with Crippen molar-refractivity contribution in [2.75, 3.05) is 5.75 Å². The zero-order chi connectivity index (χ0) is 16.2. The Morgan fingerprint density at radius 3 is 2.87 bits per heavy atom. The Bertz CT molecular complexity index is 814. The molecule has 0 unspecified atom stereocenters. The predicted molar refractivity (Wildman–Crippen MR) is 84.4 cm³/mol. The number of pyridine rings is 1. The second-order valence-corrected chi connectivity index (χ2v) is 5.53. The van der Waals surface area contributed by atoms with Crippen molar-refractivity contribution in [3.05, 3.63) is 36.8 Å². The van der Waals surface area contributed by atoms with Crippen LogP contribution in [0.1, 0.15) is 6.92 Å². The number of aromatic nitrogens is 6. The topological polar surface area (TPSA) is 98.7 Å². The summed E-state index contributed by atoms with van der Waals surface area (Å²) in [6.45, 7) is 2.75. The van der Waals surface area contributed by atoms with Crippen LogP contribution >= 0.6 is 11.8 Å². The third-order valence-electron chi connectivity index (χ3n) is 3.06. The average molecular weight is 330 g/mol. The SMILES string of the molecule is CCn1ccc(-c2nnc(SCC(=O)O)n2-c2cccnc2)n1. The number of rotatable bonds is 6. The van der Waals surface area contributed by atoms with Crippen LogP contribution in [0.15, 0.2) is 41.9 Å². The molecule has 3 aromatic rings. The first-order chi connectivity index (χ1) is 11.2. The molecule has 0 saturated heterocycles. The second-order valence-electron chi connectivity index (χ2n) is 4.59. The average Bonchev–Trinajstić information content (AvgIpc) is 3.20. The van der Waals surface area contributed by atoms with Gasteiger partial charge in [-0.1, -0.05) is 11.8 Å². The lowest BCUT2D eigenvalue weighted by Gasteiger charge is -2.07. The third kappa shape index (κ3) is 3.24. The Balaban J connectivity index is 2.07. The van der Waals surface area contributed by atoms with E-state index >= 15 is 0 Å². The minimum Gasteiger partial charge on any atom is -0.481 e. The Morgan fingerprint density at radius 2 is 2.22 bits per heavy atom. The van der Waals surface area contributed by atoms with Crippen LogP contribution in [0, 0.1) is 0 Å². The highest BCUT2D eigenvalue weighted by molar-refractivity contribution is 7.99. The van der Waals surface area contributed by atoms with E-state index in [0.29, 0.717) is 16.7 Å². The number of thioether (sulfide) groups is 1. The summed E-state index contributed by atoms with van der Waals surface area (Å²) in [5.41, 5.74) is 1.43. The van der Waals surface area contributed by atoms with Crippen molar-refractivity contribution in [2.45, 2.75) is 18.6 Å². The number of aryl methyl sites for hydroxylation is 1. The number of aliphatic carboxylic acids is 1. The number of carboxylic acids is 1. The van der Waals surface area contributed by atoms with Gasteiger partial charge in [0.25, 0.3) is 0 Å². The molecule has 0 amide bonds. The molecular formula is C14H14N6O2S. The van der Waals surface area contributed by atoms with Crippen LogP contribution in [-0.2, 0) is 11.3 Å². The van der Waals surface area contributed by atoms with E-state index in [-0.39, 0.29) is 5.75 Å². The lowest BCUT2D eigenvalue weighted by molar-refractivity contribution is -0.133. The van der Waals surface area contributed by atoms with Crippen LogP contribution in [0.2, 0.25) is 0 Å². The summed E-state index contributed by atoms with van der Waals surface area (Å²) in [6.07, 6.45) is 5.21. The zero-order valence-electron chi connectivity index (χ0n) is 12.3. The molecule has 0 saturated carbocycles. The predicted octanol–water partition coefficient (Wildman–Crippen LogP) is 1.72. The van der Waals surface area contributed by atoms with Crippen LogP contribution in [0.25, 0.3) is 17.2 Å². The van der Waals surface area contributed by atoms with Gasteiger partial charge in [0.15, 0.2) is 11.0 Å². The highest BCUT2D eigenvalue weighted by Crippen LogP contribution is 2.26. The van der Waals surface area contributed by atoms with Gasteiger partial charge in [-0.05, 0) is 25.1 Å². The molecule has 0 fully saturated rings. The van der Waals surface area contributed by atoms with Gasteiger partial charge in [0, 0.05) is 18.9 Å². The molecule has 3 rings (SSSR count). The summed E-state index contributed by atoms with van der Waals surface area (Å²) < 4.78 is 3.56. The van der Waals surface area contributed by atoms with Crippen molar-refractivity contribution in [2.24, 2.45) is 0 Å². The second kappa shape index (κ2) is 6.61. The molecule has 0 spiro atoms. The monoisotopic (exact) mass is 330 g/mol. The zero-order valence-corrected chi connectivity index (χ0v) is 13.1. The van der Waals surface area contributed by atoms with Crippen molar-refractivity contribution in [3.8, 4) is 17.2 Å². The highest BCUT2D eigenvalue weighted by Gasteiger charge is 2.18. The van der Waals surface area contributed by atoms with E-state index in [1.54, 1.807) is 27.7 Å². The lowest BCUT2D eigenvalue weighted by Crippen LogP contribution is -2.04. The first kappa shape index (κ1) is 15.2. The molecule has 0 aromatic carbocycles. The fourth-order valence-corrected chi connectivity index (χ4v) is 2.70. The molecule has 118 valence electrons. The van der Waals surface area contributed by atoms with Gasteiger partial charge in [0.05, 0.1) is 17.6 Å². The van der Waals surface area contributed by atoms with E-state index in [1.165, 1.54) is 0 Å². The maximum Gasteiger partial charge on any atom is 0.313 e. The smallest absolute Gasteiger partial charge is 0.313 e. The van der Waals surface area contributed by atoms with E-state index in [1.807, 2.05) is 25.3 Å². The van der Waals surface area contributed by atoms with Crippen LogP contribution in [0.5, 0.6) is 0 Å². The maximum absolute atomic E-state index is 10.8. The molecule has 3 aromatic heterocycles. The Labute approximate surface area is 136 Å². The molecule has 0 atom stereocenters. The number of hydrogen-bond donors (Lipinski definition) is 1. The van der Waals surface area contributed by atoms with E-state index in [4.69, 9.17) is 5.11 Å². The molecule has 1 N–H and O–H groups in total. The number of carboxylic acid groups (broad SMARTS) is 1. The highest BCUT2D eigenvalue weighted by atomic mass is 32.2. The fraction of sp³-hybridized carbons (Fsp3) is 0.214. The van der Waals surface area contributed by atoms with Gasteiger partial charge in [-0.3, -0.25) is 19.0 Å². The quantitative estimate of drug-likeness (QED) is 0.687. The van der Waals surface area contributed by atoms with Crippen molar-refractivity contribution in [3.63, 3.8) is 0 Å². The van der Waals surface area contributed by atoms with Gasteiger partial charge in [0.2, 0.25) is 0 Å². The van der Waals surface area contributed by atoms with Crippen molar-refractivity contribution in [1.29, 1.82) is 0 Å². The van der Waals surface area contributed by atoms with Crippen LogP contribution in [0.4, 0.5) is 0 Å². The van der Waals surface area contributed by atoms with Gasteiger partial charge >= 0.3 is 5.97 Å². The minimum atomic E-state index is -0.910. The van der Waals surface area contributed by atoms with Gasteiger partial charge in [-0.25, -0.2) is 0 Å². The van der Waals surface area contributed by atoms with E-state index in [2.05, 4.69) is 20.3 Å². The van der Waals surface area contributed by atoms with Crippen LogP contribution < -0.4 is 0 Å². The largest absolute Gasteiger partial charge is 0.481 e. The lowest BCUT2D eigenvalue weighted by atomic mass is 10.3. The Morgan fingerprint density at radius 1 is 1.35 bits per heavy atom. The van der Waals surface area contributed by atoms with Gasteiger partial charge < -0.3 is 5.11 Å². The summed E-state index contributed by atoms with van der Waals surface area (Å²) in [7, 11) is 0. The minimum absolute atomic E-state index is 0.0954. The molecule has 8 nitrogen and oxygen atoms in total. The van der Waals surface area contributed by atoms with Crippen molar-refractivity contribution >= 4 is 17.7 Å². The molecule has 0 aliphatic carbocycles. The molecule has 9 heteroatoms. The van der Waals surface area contributed by atoms with Crippen LogP contribution in [-0.4, -0.2) is 46.4 Å². The van der Waals surface area contributed by atoms with Gasteiger partial charge in [-0.15, -0.1) is 10.2 Å². The molecule has 0 radical (unpaired) electrons. The normalized spacial score (nSPS) is 10.8. The number of nitrogens with zero attached hydrogens (tertiary/aromatic N) is 6. The van der Waals surface area contributed by atoms with Crippen LogP contribution in [0.3, 0.4) is 0 Å². The Kier molecular flexibility index (Phi) is 4.38. The fourth-order valence-electron chi connectivity index (χ4n) is 2.03. The molecule has 0 bridgehead atoms. The van der Waals surface area contributed by atoms with Gasteiger partial charge in [0.1, 0.15) is 5.69 Å². The maximum atomic E-state index is 10.8. The summed E-state index contributed by atoms with van der Waals surface area (Å²) >= 11 is 1.11. The number of hydrogen-bond acceptors (Lipinski definition) is 6. The van der Waals surface area contributed by atoms with Crippen molar-refractivity contribution < 1.29 is 9.90 Å². The summed E-state index contributed by atoms with van der Waals surface area (Å²) in [6, 6.07) is 5.52. The molecule has 0 aliphatic rings. The van der Waals surface area contributed by atoms with Crippen molar-refractivity contribution in [1.82, 2.24) is 29.5 Å². The summed E-state index contributed by atoms with van der Waals surface area (Å²) in [4.78, 5) is 14.9. The summed E-state index contributed by atoms with van der Waals surface area (Å²) in [5, 5.41) is 22.1. The number of carbonyl (C=O) groups is 1. The summed E-state index contributed by atoms with van der Waals surface area (Å²) in [5.74, 6) is -0.451. The first-order valence-electron chi connectivity index (χ1n) is 6.93. The Hall–Kier alpha value is -2.68. The van der Waals surface area contributed by atoms with E-state index in [0.717, 1.165) is 24.0 Å². The molecule has 3 heterocycles.